The van der Waals surface area contributed by atoms with Gasteiger partial charge in [-0.15, -0.1) is 0 Å². The lowest BCUT2D eigenvalue weighted by atomic mass is 10.1. The van der Waals surface area contributed by atoms with Crippen LogP contribution >= 0.6 is 23.2 Å². The molecule has 1 aromatic heterocycles. The van der Waals surface area contributed by atoms with Crippen LogP contribution in [0.2, 0.25) is 10.0 Å². The average molecular weight is 362 g/mol. The molecule has 0 saturated heterocycles. The van der Waals surface area contributed by atoms with E-state index in [0.29, 0.717) is 31.0 Å². The maximum absolute atomic E-state index is 12.0. The zero-order chi connectivity index (χ0) is 16.9. The van der Waals surface area contributed by atoms with E-state index in [1.54, 1.807) is 6.20 Å². The molecule has 0 aliphatic rings. The van der Waals surface area contributed by atoms with Gasteiger partial charge in [0, 0.05) is 28.4 Å². The fourth-order valence-corrected chi connectivity index (χ4v) is 2.98. The predicted octanol–water partition coefficient (Wildman–Crippen LogP) is 4.09. The summed E-state index contributed by atoms with van der Waals surface area (Å²) in [6.45, 7) is 1.10. The van der Waals surface area contributed by atoms with Gasteiger partial charge in [-0.25, -0.2) is 0 Å². The number of benzene rings is 2. The molecule has 0 atom stereocenters. The van der Waals surface area contributed by atoms with E-state index in [4.69, 9.17) is 23.2 Å². The van der Waals surface area contributed by atoms with Gasteiger partial charge in [0.2, 0.25) is 5.91 Å². The Morgan fingerprint density at radius 1 is 1.17 bits per heavy atom. The van der Waals surface area contributed by atoms with Crippen LogP contribution in [0.25, 0.3) is 10.9 Å². The normalized spacial score (nSPS) is 10.9. The monoisotopic (exact) mass is 361 g/mol. The van der Waals surface area contributed by atoms with Crippen molar-refractivity contribution in [3.8, 4) is 0 Å². The first kappa shape index (κ1) is 16.8. The third-order valence-electron chi connectivity index (χ3n) is 3.83. The topological polar surface area (TPSA) is 46.9 Å². The number of amides is 1. The van der Waals surface area contributed by atoms with Gasteiger partial charge in [-0.1, -0.05) is 41.4 Å². The van der Waals surface area contributed by atoms with Crippen molar-refractivity contribution >= 4 is 40.0 Å². The van der Waals surface area contributed by atoms with Crippen molar-refractivity contribution in [3.63, 3.8) is 0 Å². The van der Waals surface area contributed by atoms with Gasteiger partial charge >= 0.3 is 0 Å². The maximum atomic E-state index is 12.0. The van der Waals surface area contributed by atoms with Gasteiger partial charge < -0.3 is 5.32 Å². The quantitative estimate of drug-likeness (QED) is 0.718. The molecule has 0 aliphatic carbocycles. The molecule has 1 N–H and O–H groups in total. The minimum absolute atomic E-state index is 0.000308. The second-order valence-corrected chi connectivity index (χ2v) is 6.36. The van der Waals surface area contributed by atoms with Crippen molar-refractivity contribution in [1.29, 1.82) is 0 Å². The number of carbonyl (C=O) groups is 1. The van der Waals surface area contributed by atoms with Crippen molar-refractivity contribution in [2.24, 2.45) is 0 Å². The Hall–Kier alpha value is -2.04. The molecule has 0 aliphatic heterocycles. The van der Waals surface area contributed by atoms with Crippen LogP contribution in [0.1, 0.15) is 12.0 Å². The summed E-state index contributed by atoms with van der Waals surface area (Å²) in [5.74, 6) is -0.000308. The number of nitrogens with one attached hydrogen (secondary N) is 1. The first-order valence-electron chi connectivity index (χ1n) is 7.74. The Balaban J connectivity index is 1.49. The second-order valence-electron chi connectivity index (χ2n) is 5.51. The largest absolute Gasteiger partial charge is 0.356 e. The summed E-state index contributed by atoms with van der Waals surface area (Å²) in [4.78, 5) is 12.0. The van der Waals surface area contributed by atoms with Crippen LogP contribution < -0.4 is 5.32 Å². The lowest BCUT2D eigenvalue weighted by Crippen LogP contribution is -2.26. The van der Waals surface area contributed by atoms with Gasteiger partial charge in [-0.2, -0.15) is 5.10 Å². The van der Waals surface area contributed by atoms with Crippen molar-refractivity contribution in [3.05, 3.63) is 64.3 Å². The minimum atomic E-state index is -0.000308. The molecule has 0 radical (unpaired) electrons. The van der Waals surface area contributed by atoms with E-state index in [-0.39, 0.29) is 5.91 Å². The standard InChI is InChI=1S/C18H17Cl2N3O/c19-15-5-6-17-14(11-15)12-22-23(17)10-8-18(24)21-9-7-13-3-1-2-4-16(13)20/h1-6,11-12H,7-10H2,(H,21,24). The van der Waals surface area contributed by atoms with Gasteiger partial charge in [-0.05, 0) is 36.2 Å². The van der Waals surface area contributed by atoms with Crippen molar-refractivity contribution in [1.82, 2.24) is 15.1 Å². The summed E-state index contributed by atoms with van der Waals surface area (Å²) in [7, 11) is 0. The summed E-state index contributed by atoms with van der Waals surface area (Å²) in [5, 5.41) is 9.61. The fraction of sp³-hybridized carbons (Fsp3) is 0.222. The highest BCUT2D eigenvalue weighted by molar-refractivity contribution is 6.31. The average Bonchev–Trinajstić information content (AvgIpc) is 2.97. The summed E-state index contributed by atoms with van der Waals surface area (Å²) in [6, 6.07) is 13.3. The third-order valence-corrected chi connectivity index (χ3v) is 4.43. The molecule has 4 nitrogen and oxygen atoms in total. The Morgan fingerprint density at radius 2 is 2.00 bits per heavy atom. The van der Waals surface area contributed by atoms with E-state index in [0.717, 1.165) is 21.5 Å². The van der Waals surface area contributed by atoms with Gasteiger partial charge in [0.15, 0.2) is 0 Å². The molecule has 1 amide bonds. The molecule has 124 valence electrons. The first-order chi connectivity index (χ1) is 11.6. The van der Waals surface area contributed by atoms with Crippen LogP contribution in [0, 0.1) is 0 Å². The van der Waals surface area contributed by atoms with Gasteiger partial charge in [-0.3, -0.25) is 9.48 Å². The number of nitrogens with zero attached hydrogens (tertiary/aromatic N) is 2. The summed E-state index contributed by atoms with van der Waals surface area (Å²) >= 11 is 12.1. The molecule has 3 rings (SSSR count). The zero-order valence-corrected chi connectivity index (χ0v) is 14.5. The van der Waals surface area contributed by atoms with Gasteiger partial charge in [0.1, 0.15) is 0 Å². The third kappa shape index (κ3) is 4.08. The van der Waals surface area contributed by atoms with Crippen LogP contribution in [0.5, 0.6) is 0 Å². The van der Waals surface area contributed by atoms with Crippen molar-refractivity contribution in [2.45, 2.75) is 19.4 Å². The fourth-order valence-electron chi connectivity index (χ4n) is 2.57. The molecule has 0 saturated carbocycles. The number of halogens is 2. The minimum Gasteiger partial charge on any atom is -0.356 e. The number of aromatic nitrogens is 2. The molecule has 3 aromatic rings. The molecule has 1 heterocycles. The highest BCUT2D eigenvalue weighted by atomic mass is 35.5. The molecular weight excluding hydrogens is 345 g/mol. The van der Waals surface area contributed by atoms with E-state index >= 15 is 0 Å². The highest BCUT2D eigenvalue weighted by Gasteiger charge is 2.07. The van der Waals surface area contributed by atoms with Gasteiger partial charge in [0.25, 0.3) is 0 Å². The molecule has 2 aromatic carbocycles. The lowest BCUT2D eigenvalue weighted by Gasteiger charge is -2.07. The smallest absolute Gasteiger partial charge is 0.221 e. The molecule has 0 fully saturated rings. The Bertz CT molecular complexity index is 860. The summed E-state index contributed by atoms with van der Waals surface area (Å²) in [5.41, 5.74) is 2.01. The van der Waals surface area contributed by atoms with E-state index in [1.165, 1.54) is 0 Å². The number of aryl methyl sites for hydroxylation is 1. The molecular formula is C18H17Cl2N3O. The molecule has 0 spiro atoms. The zero-order valence-electron chi connectivity index (χ0n) is 13.0. The molecule has 0 bridgehead atoms. The second kappa shape index (κ2) is 7.69. The SMILES string of the molecule is O=C(CCn1ncc2cc(Cl)ccc21)NCCc1ccccc1Cl. The first-order valence-corrected chi connectivity index (χ1v) is 8.50. The number of hydrogen-bond donors (Lipinski definition) is 1. The predicted molar refractivity (Wildman–Crippen MR) is 97.5 cm³/mol. The molecule has 6 heteroatoms. The van der Waals surface area contributed by atoms with Crippen molar-refractivity contribution in [2.75, 3.05) is 6.54 Å². The van der Waals surface area contributed by atoms with E-state index < -0.39 is 0 Å². The summed E-state index contributed by atoms with van der Waals surface area (Å²) in [6.07, 6.45) is 2.85. The molecule has 24 heavy (non-hydrogen) atoms. The van der Waals surface area contributed by atoms with Crippen molar-refractivity contribution < 1.29 is 4.79 Å². The lowest BCUT2D eigenvalue weighted by molar-refractivity contribution is -0.121. The Kier molecular flexibility index (Phi) is 5.38. The Labute approximate surface area is 150 Å². The van der Waals surface area contributed by atoms with E-state index in [1.807, 2.05) is 47.1 Å². The Morgan fingerprint density at radius 3 is 2.83 bits per heavy atom. The van der Waals surface area contributed by atoms with Crippen LogP contribution in [0.3, 0.4) is 0 Å². The van der Waals surface area contributed by atoms with Crippen LogP contribution in [0.4, 0.5) is 0 Å². The molecule has 0 unspecified atom stereocenters. The van der Waals surface area contributed by atoms with E-state index in [9.17, 15) is 4.79 Å². The number of carbonyl (C=O) groups excluding carboxylic acids is 1. The number of rotatable bonds is 6. The number of fused-ring (bicyclic) bond motifs is 1. The summed E-state index contributed by atoms with van der Waals surface area (Å²) < 4.78 is 1.82. The highest BCUT2D eigenvalue weighted by Crippen LogP contribution is 2.19. The van der Waals surface area contributed by atoms with E-state index in [2.05, 4.69) is 10.4 Å². The van der Waals surface area contributed by atoms with Gasteiger partial charge in [0.05, 0.1) is 18.3 Å². The van der Waals surface area contributed by atoms with Crippen LogP contribution in [-0.2, 0) is 17.8 Å². The van der Waals surface area contributed by atoms with Crippen LogP contribution in [0.15, 0.2) is 48.7 Å². The maximum Gasteiger partial charge on any atom is 0.221 e. The number of hydrogen-bond acceptors (Lipinski definition) is 2. The van der Waals surface area contributed by atoms with Crippen LogP contribution in [-0.4, -0.2) is 22.2 Å².